The molecule has 0 unspecified atom stereocenters. The van der Waals surface area contributed by atoms with Crippen molar-refractivity contribution in [1.29, 1.82) is 0 Å². The van der Waals surface area contributed by atoms with Crippen LogP contribution in [0.4, 0.5) is 17.1 Å². The lowest BCUT2D eigenvalue weighted by atomic mass is 10.2. The Morgan fingerprint density at radius 2 is 1.74 bits per heavy atom. The first-order chi connectivity index (χ1) is 15.2. The molecule has 1 aliphatic rings. The van der Waals surface area contributed by atoms with Crippen LogP contribution in [0.5, 0.6) is 0 Å². The van der Waals surface area contributed by atoms with Gasteiger partial charge in [0.25, 0.3) is 0 Å². The molecule has 3 aromatic carbocycles. The molecule has 0 bridgehead atoms. The van der Waals surface area contributed by atoms with E-state index in [2.05, 4.69) is 34.5 Å². The summed E-state index contributed by atoms with van der Waals surface area (Å²) in [4.78, 5) is 26.7. The summed E-state index contributed by atoms with van der Waals surface area (Å²) in [5.41, 5.74) is 5.83. The fraction of sp³-hybridized carbons (Fsp3) is 0.200. The van der Waals surface area contributed by atoms with Crippen LogP contribution in [0.3, 0.4) is 0 Å². The third-order valence-corrected chi connectivity index (χ3v) is 5.71. The van der Waals surface area contributed by atoms with E-state index in [1.807, 2.05) is 42.5 Å². The summed E-state index contributed by atoms with van der Waals surface area (Å²) in [5.74, 6) is -0.458. The highest BCUT2D eigenvalue weighted by Gasteiger charge is 2.19. The van der Waals surface area contributed by atoms with Crippen molar-refractivity contribution in [2.75, 3.05) is 16.8 Å². The van der Waals surface area contributed by atoms with Crippen molar-refractivity contribution < 1.29 is 9.21 Å². The molecule has 0 saturated heterocycles. The van der Waals surface area contributed by atoms with Gasteiger partial charge < -0.3 is 14.6 Å². The first kappa shape index (κ1) is 19.2. The Labute approximate surface area is 179 Å². The Hall–Kier alpha value is -3.80. The van der Waals surface area contributed by atoms with Gasteiger partial charge in [-0.25, -0.2) is 4.79 Å². The number of amides is 1. The number of benzene rings is 3. The molecule has 1 N–H and O–H groups in total. The number of para-hydroxylation sites is 3. The fourth-order valence-electron chi connectivity index (χ4n) is 4.18. The summed E-state index contributed by atoms with van der Waals surface area (Å²) >= 11 is 0. The van der Waals surface area contributed by atoms with Gasteiger partial charge in [0.05, 0.1) is 5.52 Å². The third-order valence-electron chi connectivity index (χ3n) is 5.71. The Kier molecular flexibility index (Phi) is 5.04. The topological polar surface area (TPSA) is 67.5 Å². The van der Waals surface area contributed by atoms with E-state index in [1.165, 1.54) is 11.3 Å². The van der Waals surface area contributed by atoms with Gasteiger partial charge in [-0.2, -0.15) is 0 Å². The predicted molar refractivity (Wildman–Crippen MR) is 122 cm³/mol. The predicted octanol–water partition coefficient (Wildman–Crippen LogP) is 4.71. The van der Waals surface area contributed by atoms with Gasteiger partial charge in [0.15, 0.2) is 5.58 Å². The number of fused-ring (bicyclic) bond motifs is 2. The maximum absolute atomic E-state index is 12.4. The molecule has 2 heterocycles. The van der Waals surface area contributed by atoms with Crippen LogP contribution >= 0.6 is 0 Å². The number of rotatable bonds is 6. The monoisotopic (exact) mass is 413 g/mol. The van der Waals surface area contributed by atoms with Crippen LogP contribution in [-0.4, -0.2) is 17.0 Å². The number of carbonyl (C=O) groups excluding carboxylic acids is 1. The summed E-state index contributed by atoms with van der Waals surface area (Å²) in [6.07, 6.45) is 1.93. The standard InChI is InChI=1S/C25H23N3O3/c29-24(10-5-16-28-22-8-3-4-9-23(22)31-25(28)30)26-19-11-13-20(14-12-19)27-17-15-18-6-1-2-7-21(18)27/h1-4,6-9,11-14H,5,10,15-17H2,(H,26,29). The number of carbonyl (C=O) groups is 1. The quantitative estimate of drug-likeness (QED) is 0.497. The van der Waals surface area contributed by atoms with Crippen molar-refractivity contribution in [3.8, 4) is 0 Å². The number of hydrogen-bond donors (Lipinski definition) is 1. The Morgan fingerprint density at radius 1 is 0.968 bits per heavy atom. The van der Waals surface area contributed by atoms with Crippen molar-refractivity contribution in [3.63, 3.8) is 0 Å². The molecule has 1 amide bonds. The molecule has 5 rings (SSSR count). The zero-order valence-corrected chi connectivity index (χ0v) is 17.1. The van der Waals surface area contributed by atoms with Gasteiger partial charge in [-0.3, -0.25) is 9.36 Å². The molecule has 156 valence electrons. The van der Waals surface area contributed by atoms with E-state index in [-0.39, 0.29) is 11.7 Å². The molecule has 4 aromatic rings. The van der Waals surface area contributed by atoms with Crippen LogP contribution in [-0.2, 0) is 17.8 Å². The van der Waals surface area contributed by atoms with Gasteiger partial charge in [0, 0.05) is 36.6 Å². The molecule has 31 heavy (non-hydrogen) atoms. The van der Waals surface area contributed by atoms with Crippen LogP contribution in [0.15, 0.2) is 82.0 Å². The molecule has 6 heteroatoms. The van der Waals surface area contributed by atoms with E-state index in [0.717, 1.165) is 29.9 Å². The van der Waals surface area contributed by atoms with Crippen molar-refractivity contribution >= 4 is 34.1 Å². The number of anilines is 3. The van der Waals surface area contributed by atoms with Crippen LogP contribution in [0.1, 0.15) is 18.4 Å². The second kappa shape index (κ2) is 8.14. The Balaban J connectivity index is 1.18. The van der Waals surface area contributed by atoms with E-state index >= 15 is 0 Å². The van der Waals surface area contributed by atoms with E-state index in [1.54, 1.807) is 10.6 Å². The first-order valence-electron chi connectivity index (χ1n) is 10.5. The van der Waals surface area contributed by atoms with E-state index in [0.29, 0.717) is 25.0 Å². The fourth-order valence-corrected chi connectivity index (χ4v) is 4.18. The third kappa shape index (κ3) is 3.84. The van der Waals surface area contributed by atoms with Crippen LogP contribution in [0.25, 0.3) is 11.1 Å². The first-order valence-corrected chi connectivity index (χ1v) is 10.5. The average molecular weight is 413 g/mol. The summed E-state index contributed by atoms with van der Waals surface area (Å²) in [5, 5.41) is 2.94. The van der Waals surface area contributed by atoms with Crippen LogP contribution in [0.2, 0.25) is 0 Å². The Bertz CT molecular complexity index is 1290. The molecular formula is C25H23N3O3. The van der Waals surface area contributed by atoms with Crippen molar-refractivity contribution in [3.05, 3.63) is 88.9 Å². The van der Waals surface area contributed by atoms with Gasteiger partial charge in [0.1, 0.15) is 0 Å². The lowest BCUT2D eigenvalue weighted by Gasteiger charge is -2.20. The molecule has 6 nitrogen and oxygen atoms in total. The van der Waals surface area contributed by atoms with Crippen LogP contribution < -0.4 is 16.0 Å². The lowest BCUT2D eigenvalue weighted by Crippen LogP contribution is -2.17. The molecule has 0 fully saturated rings. The molecule has 0 spiro atoms. The van der Waals surface area contributed by atoms with Gasteiger partial charge >= 0.3 is 5.76 Å². The van der Waals surface area contributed by atoms with Crippen LogP contribution in [0, 0.1) is 0 Å². The number of aromatic nitrogens is 1. The number of aryl methyl sites for hydroxylation is 1. The van der Waals surface area contributed by atoms with E-state index < -0.39 is 0 Å². The van der Waals surface area contributed by atoms with Gasteiger partial charge in [0.2, 0.25) is 5.91 Å². The van der Waals surface area contributed by atoms with Crippen molar-refractivity contribution in [1.82, 2.24) is 4.57 Å². The maximum atomic E-state index is 12.4. The highest BCUT2D eigenvalue weighted by Crippen LogP contribution is 2.34. The zero-order chi connectivity index (χ0) is 21.2. The van der Waals surface area contributed by atoms with Crippen molar-refractivity contribution in [2.24, 2.45) is 0 Å². The maximum Gasteiger partial charge on any atom is 0.419 e. The smallest absolute Gasteiger partial charge is 0.408 e. The van der Waals surface area contributed by atoms with Gasteiger partial charge in [-0.05, 0) is 60.9 Å². The lowest BCUT2D eigenvalue weighted by molar-refractivity contribution is -0.116. The number of nitrogens with zero attached hydrogens (tertiary/aromatic N) is 2. The normalized spacial score (nSPS) is 12.8. The summed E-state index contributed by atoms with van der Waals surface area (Å²) in [6.45, 7) is 1.41. The minimum Gasteiger partial charge on any atom is -0.408 e. The molecule has 0 radical (unpaired) electrons. The second-order valence-corrected chi connectivity index (χ2v) is 7.72. The molecule has 0 saturated carbocycles. The summed E-state index contributed by atoms with van der Waals surface area (Å²) < 4.78 is 6.81. The zero-order valence-electron chi connectivity index (χ0n) is 17.1. The minimum absolute atomic E-state index is 0.0693. The number of oxazole rings is 1. The number of hydrogen-bond acceptors (Lipinski definition) is 4. The van der Waals surface area contributed by atoms with Crippen molar-refractivity contribution in [2.45, 2.75) is 25.8 Å². The minimum atomic E-state index is -0.388. The average Bonchev–Trinajstić information content (AvgIpc) is 3.35. The SMILES string of the molecule is O=C(CCCn1c(=O)oc2ccccc21)Nc1ccc(N2CCc3ccccc32)cc1. The molecule has 1 aliphatic heterocycles. The summed E-state index contributed by atoms with van der Waals surface area (Å²) in [6, 6.07) is 23.7. The number of nitrogens with one attached hydrogen (secondary N) is 1. The van der Waals surface area contributed by atoms with Gasteiger partial charge in [-0.1, -0.05) is 30.3 Å². The summed E-state index contributed by atoms with van der Waals surface area (Å²) in [7, 11) is 0. The largest absolute Gasteiger partial charge is 0.419 e. The van der Waals surface area contributed by atoms with Gasteiger partial charge in [-0.15, -0.1) is 0 Å². The highest BCUT2D eigenvalue weighted by atomic mass is 16.4. The highest BCUT2D eigenvalue weighted by molar-refractivity contribution is 5.91. The van der Waals surface area contributed by atoms with E-state index in [9.17, 15) is 9.59 Å². The second-order valence-electron chi connectivity index (χ2n) is 7.72. The van der Waals surface area contributed by atoms with E-state index in [4.69, 9.17) is 4.42 Å². The molecular weight excluding hydrogens is 390 g/mol. The molecule has 1 aromatic heterocycles. The Morgan fingerprint density at radius 3 is 2.61 bits per heavy atom. The molecule has 0 aliphatic carbocycles. The molecule has 0 atom stereocenters.